The minimum absolute atomic E-state index is 0.365. The Morgan fingerprint density at radius 2 is 2.00 bits per heavy atom. The van der Waals surface area contributed by atoms with Crippen LogP contribution in [0.3, 0.4) is 0 Å². The summed E-state index contributed by atoms with van der Waals surface area (Å²) in [5.41, 5.74) is 1.54. The number of benzene rings is 1. The fourth-order valence-electron chi connectivity index (χ4n) is 2.80. The molecule has 1 aromatic rings. The first-order chi connectivity index (χ1) is 10.5. The molecule has 5 heteroatoms. The predicted molar refractivity (Wildman–Crippen MR) is 81.2 cm³/mol. The van der Waals surface area contributed by atoms with Crippen molar-refractivity contribution >= 4 is 11.9 Å². The number of nitrogens with one attached hydrogen (secondary N) is 1. The molecular formula is C17H20N2O3. The van der Waals surface area contributed by atoms with Crippen LogP contribution in [-0.4, -0.2) is 24.0 Å². The lowest BCUT2D eigenvalue weighted by Gasteiger charge is -2.21. The van der Waals surface area contributed by atoms with Gasteiger partial charge in [0.2, 0.25) is 0 Å². The molecule has 1 fully saturated rings. The van der Waals surface area contributed by atoms with Gasteiger partial charge in [-0.05, 0) is 51.2 Å². The first-order valence-corrected chi connectivity index (χ1v) is 7.42. The van der Waals surface area contributed by atoms with E-state index in [0.29, 0.717) is 18.4 Å². The molecule has 0 aromatic heterocycles. The lowest BCUT2D eigenvalue weighted by Crippen LogP contribution is -2.46. The molecular weight excluding hydrogens is 280 g/mol. The number of carbonyl (C=O) groups is 2. The van der Waals surface area contributed by atoms with Gasteiger partial charge in [0.15, 0.2) is 6.61 Å². The Kier molecular flexibility index (Phi) is 4.81. The fourth-order valence-corrected chi connectivity index (χ4v) is 2.80. The Balaban J connectivity index is 1.91. The van der Waals surface area contributed by atoms with Gasteiger partial charge in [0.1, 0.15) is 5.54 Å². The Labute approximate surface area is 130 Å². The number of rotatable bonds is 4. The van der Waals surface area contributed by atoms with Crippen molar-refractivity contribution in [3.63, 3.8) is 0 Å². The highest BCUT2D eigenvalue weighted by molar-refractivity contribution is 5.92. The lowest BCUT2D eigenvalue weighted by molar-refractivity contribution is -0.125. The second-order valence-electron chi connectivity index (χ2n) is 5.84. The summed E-state index contributed by atoms with van der Waals surface area (Å²) in [6.07, 6.45) is 3.16. The van der Waals surface area contributed by atoms with E-state index in [1.165, 1.54) is 0 Å². The minimum atomic E-state index is -0.788. The average Bonchev–Trinajstić information content (AvgIpc) is 2.94. The second kappa shape index (κ2) is 6.61. The van der Waals surface area contributed by atoms with Crippen LogP contribution in [0.25, 0.3) is 0 Å². The van der Waals surface area contributed by atoms with Crippen molar-refractivity contribution < 1.29 is 14.3 Å². The fraction of sp³-hybridized carbons (Fsp3) is 0.471. The molecule has 0 aliphatic heterocycles. The lowest BCUT2D eigenvalue weighted by atomic mass is 10.00. The highest BCUT2D eigenvalue weighted by Gasteiger charge is 2.35. The predicted octanol–water partition coefficient (Wildman–Crippen LogP) is 2.41. The maximum Gasteiger partial charge on any atom is 0.338 e. The van der Waals surface area contributed by atoms with Gasteiger partial charge in [-0.15, -0.1) is 0 Å². The van der Waals surface area contributed by atoms with Crippen LogP contribution in [0.15, 0.2) is 18.2 Å². The van der Waals surface area contributed by atoms with Crippen molar-refractivity contribution in [2.45, 2.75) is 45.1 Å². The molecule has 0 unspecified atom stereocenters. The van der Waals surface area contributed by atoms with Crippen LogP contribution in [0.2, 0.25) is 0 Å². The van der Waals surface area contributed by atoms with E-state index in [4.69, 9.17) is 4.74 Å². The molecule has 2 rings (SSSR count). The number of aryl methyl sites for hydroxylation is 2. The van der Waals surface area contributed by atoms with Crippen LogP contribution in [0.1, 0.15) is 47.2 Å². The Hall–Kier alpha value is -2.35. The molecule has 0 heterocycles. The monoisotopic (exact) mass is 300 g/mol. The molecule has 1 aliphatic rings. The molecule has 0 spiro atoms. The number of nitrogens with zero attached hydrogens (tertiary/aromatic N) is 1. The first kappa shape index (κ1) is 16.0. The second-order valence-corrected chi connectivity index (χ2v) is 5.84. The summed E-state index contributed by atoms with van der Waals surface area (Å²) in [5.74, 6) is -0.952. The summed E-state index contributed by atoms with van der Waals surface area (Å²) in [6.45, 7) is 3.40. The largest absolute Gasteiger partial charge is 0.452 e. The molecule has 116 valence electrons. The Morgan fingerprint density at radius 1 is 1.32 bits per heavy atom. The molecule has 5 nitrogen and oxygen atoms in total. The smallest absolute Gasteiger partial charge is 0.338 e. The van der Waals surface area contributed by atoms with Crippen molar-refractivity contribution in [3.8, 4) is 6.07 Å². The van der Waals surface area contributed by atoms with E-state index < -0.39 is 17.4 Å². The van der Waals surface area contributed by atoms with Crippen LogP contribution >= 0.6 is 0 Å². The van der Waals surface area contributed by atoms with Crippen LogP contribution in [0.4, 0.5) is 0 Å². The van der Waals surface area contributed by atoms with Crippen LogP contribution < -0.4 is 5.32 Å². The molecule has 1 saturated carbocycles. The summed E-state index contributed by atoms with van der Waals surface area (Å²) in [6, 6.07) is 7.58. The van der Waals surface area contributed by atoms with E-state index in [0.717, 1.165) is 24.0 Å². The molecule has 0 radical (unpaired) electrons. The number of ether oxygens (including phenoxy) is 1. The van der Waals surface area contributed by atoms with Crippen molar-refractivity contribution in [3.05, 3.63) is 34.9 Å². The number of hydrogen-bond acceptors (Lipinski definition) is 4. The van der Waals surface area contributed by atoms with Crippen molar-refractivity contribution in [2.24, 2.45) is 0 Å². The van der Waals surface area contributed by atoms with Gasteiger partial charge in [0.25, 0.3) is 5.91 Å². The standard InChI is InChI=1S/C17H20N2O3/c1-12-5-6-14(13(2)9-12)16(21)22-10-15(20)19-17(11-18)7-3-4-8-17/h5-6,9H,3-4,7-8,10H2,1-2H3,(H,19,20). The first-order valence-electron chi connectivity index (χ1n) is 7.42. The van der Waals surface area contributed by atoms with Crippen LogP contribution in [0.5, 0.6) is 0 Å². The molecule has 1 aliphatic carbocycles. The Bertz CT molecular complexity index is 625. The molecule has 0 atom stereocenters. The van der Waals surface area contributed by atoms with E-state index in [1.54, 1.807) is 6.07 Å². The van der Waals surface area contributed by atoms with Gasteiger partial charge in [-0.3, -0.25) is 4.79 Å². The maximum atomic E-state index is 12.0. The summed E-state index contributed by atoms with van der Waals surface area (Å²) >= 11 is 0. The zero-order valence-electron chi connectivity index (χ0n) is 12.9. The number of amides is 1. The van der Waals surface area contributed by atoms with Gasteiger partial charge < -0.3 is 10.1 Å². The zero-order chi connectivity index (χ0) is 16.2. The Morgan fingerprint density at radius 3 is 2.59 bits per heavy atom. The van der Waals surface area contributed by atoms with Gasteiger partial charge in [-0.2, -0.15) is 5.26 Å². The van der Waals surface area contributed by atoms with E-state index in [1.807, 2.05) is 26.0 Å². The topological polar surface area (TPSA) is 79.2 Å². The highest BCUT2D eigenvalue weighted by atomic mass is 16.5. The summed E-state index contributed by atoms with van der Waals surface area (Å²) in [5, 5.41) is 11.9. The number of esters is 1. The molecule has 0 bridgehead atoms. The maximum absolute atomic E-state index is 12.0. The number of nitriles is 1. The van der Waals surface area contributed by atoms with Crippen LogP contribution in [-0.2, 0) is 9.53 Å². The highest BCUT2D eigenvalue weighted by Crippen LogP contribution is 2.28. The van der Waals surface area contributed by atoms with E-state index in [-0.39, 0.29) is 6.61 Å². The summed E-state index contributed by atoms with van der Waals surface area (Å²) in [4.78, 5) is 23.9. The van der Waals surface area contributed by atoms with Crippen LogP contribution in [0, 0.1) is 25.2 Å². The third kappa shape index (κ3) is 3.64. The average molecular weight is 300 g/mol. The van der Waals surface area contributed by atoms with Gasteiger partial charge in [0, 0.05) is 0 Å². The molecule has 22 heavy (non-hydrogen) atoms. The zero-order valence-corrected chi connectivity index (χ0v) is 12.9. The summed E-state index contributed by atoms with van der Waals surface area (Å²) < 4.78 is 5.05. The third-order valence-electron chi connectivity index (χ3n) is 3.99. The quantitative estimate of drug-likeness (QED) is 0.866. The SMILES string of the molecule is Cc1ccc(C(=O)OCC(=O)NC2(C#N)CCCC2)c(C)c1. The van der Waals surface area contributed by atoms with Gasteiger partial charge in [0.05, 0.1) is 11.6 Å². The van der Waals surface area contributed by atoms with Crippen molar-refractivity contribution in [1.82, 2.24) is 5.32 Å². The van der Waals surface area contributed by atoms with E-state index in [9.17, 15) is 14.9 Å². The van der Waals surface area contributed by atoms with Gasteiger partial charge >= 0.3 is 5.97 Å². The van der Waals surface area contributed by atoms with Gasteiger partial charge in [-0.25, -0.2) is 4.79 Å². The van der Waals surface area contributed by atoms with Crippen molar-refractivity contribution in [1.29, 1.82) is 5.26 Å². The molecule has 1 N–H and O–H groups in total. The molecule has 1 amide bonds. The van der Waals surface area contributed by atoms with Gasteiger partial charge in [-0.1, -0.05) is 17.7 Å². The van der Waals surface area contributed by atoms with E-state index in [2.05, 4.69) is 11.4 Å². The third-order valence-corrected chi connectivity index (χ3v) is 3.99. The minimum Gasteiger partial charge on any atom is -0.452 e. The molecule has 1 aromatic carbocycles. The summed E-state index contributed by atoms with van der Waals surface area (Å²) in [7, 11) is 0. The number of hydrogen-bond donors (Lipinski definition) is 1. The van der Waals surface area contributed by atoms with Crippen molar-refractivity contribution in [2.75, 3.05) is 6.61 Å². The molecule has 0 saturated heterocycles. The normalized spacial score (nSPS) is 15.9. The van der Waals surface area contributed by atoms with E-state index >= 15 is 0 Å². The number of carbonyl (C=O) groups excluding carboxylic acids is 2.